The molecule has 2 rings (SSSR count). The molecule has 0 unspecified atom stereocenters. The van der Waals surface area contributed by atoms with Crippen LogP contribution in [0.15, 0.2) is 6.20 Å². The van der Waals surface area contributed by atoms with E-state index in [1.807, 2.05) is 0 Å². The van der Waals surface area contributed by atoms with E-state index in [2.05, 4.69) is 30.1 Å². The summed E-state index contributed by atoms with van der Waals surface area (Å²) in [7, 11) is -1.13. The highest BCUT2D eigenvalue weighted by molar-refractivity contribution is 6.76. The molecule has 1 aliphatic rings. The molecule has 0 spiro atoms. The molecular formula is C12H22N4O4Si. The molecule has 1 saturated heterocycles. The molecule has 1 aromatic rings. The topological polar surface area (TPSA) is 91.5 Å². The monoisotopic (exact) mass is 314 g/mol. The van der Waals surface area contributed by atoms with Crippen LogP contribution >= 0.6 is 0 Å². The number of nitrogens with one attached hydrogen (secondary N) is 1. The molecule has 21 heavy (non-hydrogen) atoms. The number of hydrogen-bond donors (Lipinski definition) is 1. The number of nitro groups is 1. The Morgan fingerprint density at radius 2 is 2.24 bits per heavy atom. The summed E-state index contributed by atoms with van der Waals surface area (Å²) < 4.78 is 12.5. The van der Waals surface area contributed by atoms with Crippen molar-refractivity contribution in [2.45, 2.75) is 38.5 Å². The molecule has 1 fully saturated rings. The van der Waals surface area contributed by atoms with Gasteiger partial charge in [0.1, 0.15) is 19.0 Å². The smallest absolute Gasteiger partial charge is 0.350 e. The highest BCUT2D eigenvalue weighted by atomic mass is 28.3. The molecule has 0 amide bonds. The van der Waals surface area contributed by atoms with Gasteiger partial charge in [-0.15, -0.1) is 5.10 Å². The molecule has 0 aromatic carbocycles. The van der Waals surface area contributed by atoms with Crippen molar-refractivity contribution in [2.75, 3.05) is 19.7 Å². The van der Waals surface area contributed by atoms with Crippen molar-refractivity contribution in [2.24, 2.45) is 0 Å². The summed E-state index contributed by atoms with van der Waals surface area (Å²) in [6.45, 7) is 9.05. The van der Waals surface area contributed by atoms with Gasteiger partial charge in [0, 0.05) is 27.8 Å². The van der Waals surface area contributed by atoms with Gasteiger partial charge in [0.15, 0.2) is 0 Å². The molecule has 9 heteroatoms. The van der Waals surface area contributed by atoms with Crippen molar-refractivity contribution in [3.63, 3.8) is 0 Å². The van der Waals surface area contributed by atoms with Gasteiger partial charge in [-0.2, -0.15) is 0 Å². The van der Waals surface area contributed by atoms with Crippen LogP contribution in [0.25, 0.3) is 0 Å². The van der Waals surface area contributed by atoms with Crippen molar-refractivity contribution >= 4 is 13.8 Å². The maximum atomic E-state index is 11.0. The first-order valence-electron chi connectivity index (χ1n) is 7.02. The summed E-state index contributed by atoms with van der Waals surface area (Å²) in [5.41, 5.74) is -0.115. The van der Waals surface area contributed by atoms with E-state index in [0.717, 1.165) is 6.04 Å². The van der Waals surface area contributed by atoms with Crippen LogP contribution in [-0.4, -0.2) is 48.6 Å². The quantitative estimate of drug-likeness (QED) is 0.338. The Morgan fingerprint density at radius 3 is 2.76 bits per heavy atom. The van der Waals surface area contributed by atoms with Crippen molar-refractivity contribution in [1.29, 1.82) is 0 Å². The van der Waals surface area contributed by atoms with E-state index in [9.17, 15) is 10.1 Å². The van der Waals surface area contributed by atoms with Gasteiger partial charge in [0.05, 0.1) is 4.92 Å². The van der Waals surface area contributed by atoms with Gasteiger partial charge in [-0.25, -0.2) is 4.68 Å². The van der Waals surface area contributed by atoms with Crippen LogP contribution in [-0.2, 0) is 11.5 Å². The first-order valence-corrected chi connectivity index (χ1v) is 10.7. The maximum absolute atomic E-state index is 11.0. The Morgan fingerprint density at radius 1 is 1.52 bits per heavy atom. The Balaban J connectivity index is 1.90. The highest BCUT2D eigenvalue weighted by Crippen LogP contribution is 2.26. The van der Waals surface area contributed by atoms with Crippen LogP contribution in [0.3, 0.4) is 0 Å². The van der Waals surface area contributed by atoms with Crippen molar-refractivity contribution in [3.05, 3.63) is 16.3 Å². The minimum absolute atomic E-state index is 0.0418. The fraction of sp³-hybridized carbons (Fsp3) is 0.750. The molecule has 2 heterocycles. The van der Waals surface area contributed by atoms with Gasteiger partial charge in [-0.1, -0.05) is 19.6 Å². The fourth-order valence-corrected chi connectivity index (χ4v) is 2.46. The molecule has 0 radical (unpaired) electrons. The zero-order valence-electron chi connectivity index (χ0n) is 12.7. The van der Waals surface area contributed by atoms with Gasteiger partial charge < -0.3 is 14.8 Å². The van der Waals surface area contributed by atoms with E-state index in [-0.39, 0.29) is 24.4 Å². The highest BCUT2D eigenvalue weighted by Gasteiger charge is 2.27. The predicted octanol–water partition coefficient (Wildman–Crippen LogP) is 1.45. The van der Waals surface area contributed by atoms with Crippen molar-refractivity contribution in [1.82, 2.24) is 15.1 Å². The Hall–Kier alpha value is -1.45. The van der Waals surface area contributed by atoms with Crippen molar-refractivity contribution in [3.8, 4) is 5.88 Å². The lowest BCUT2D eigenvalue weighted by Crippen LogP contribution is -2.50. The lowest BCUT2D eigenvalue weighted by Gasteiger charge is -2.26. The van der Waals surface area contributed by atoms with Gasteiger partial charge in [-0.05, 0) is 6.04 Å². The zero-order chi connectivity index (χ0) is 15.5. The SMILES string of the molecule is C[Si](C)(C)CCOCn1cc([N+](=O)[O-])c(OC2CNC2)n1. The second-order valence-electron chi connectivity index (χ2n) is 6.36. The molecule has 1 N–H and O–H groups in total. The summed E-state index contributed by atoms with van der Waals surface area (Å²) in [6, 6.07) is 1.05. The van der Waals surface area contributed by atoms with Crippen LogP contribution in [0, 0.1) is 10.1 Å². The zero-order valence-corrected chi connectivity index (χ0v) is 13.7. The average Bonchev–Trinajstić information content (AvgIpc) is 2.72. The van der Waals surface area contributed by atoms with Gasteiger partial charge in [0.25, 0.3) is 0 Å². The number of rotatable bonds is 8. The molecule has 0 aliphatic carbocycles. The maximum Gasteiger partial charge on any atom is 0.350 e. The molecule has 118 valence electrons. The number of nitrogens with zero attached hydrogens (tertiary/aromatic N) is 3. The van der Waals surface area contributed by atoms with Gasteiger partial charge >= 0.3 is 11.6 Å². The molecule has 0 bridgehead atoms. The molecule has 1 aromatic heterocycles. The van der Waals surface area contributed by atoms with Gasteiger partial charge in [0.2, 0.25) is 0 Å². The second-order valence-corrected chi connectivity index (χ2v) is 12.0. The molecule has 1 aliphatic heterocycles. The summed E-state index contributed by atoms with van der Waals surface area (Å²) in [4.78, 5) is 10.5. The van der Waals surface area contributed by atoms with E-state index >= 15 is 0 Å². The first kappa shape index (κ1) is 15.9. The number of aromatic nitrogens is 2. The third kappa shape index (κ3) is 4.79. The van der Waals surface area contributed by atoms with Crippen LogP contribution in [0.4, 0.5) is 5.69 Å². The fourth-order valence-electron chi connectivity index (χ4n) is 1.71. The van der Waals surface area contributed by atoms with Crippen LogP contribution in [0.5, 0.6) is 5.88 Å². The largest absolute Gasteiger partial charge is 0.466 e. The minimum atomic E-state index is -1.13. The van der Waals surface area contributed by atoms with E-state index < -0.39 is 13.0 Å². The van der Waals surface area contributed by atoms with E-state index in [4.69, 9.17) is 9.47 Å². The first-order chi connectivity index (χ1) is 9.85. The van der Waals surface area contributed by atoms with E-state index in [1.165, 1.54) is 10.9 Å². The summed E-state index contributed by atoms with van der Waals surface area (Å²) in [5, 5.41) is 18.1. The van der Waals surface area contributed by atoms with E-state index in [0.29, 0.717) is 19.7 Å². The normalized spacial score (nSPS) is 15.8. The summed E-state index contributed by atoms with van der Waals surface area (Å²) >= 11 is 0. The average molecular weight is 314 g/mol. The minimum Gasteiger partial charge on any atom is -0.466 e. The third-order valence-corrected chi connectivity index (χ3v) is 4.85. The molecular weight excluding hydrogens is 292 g/mol. The third-order valence-electron chi connectivity index (χ3n) is 3.15. The molecule has 8 nitrogen and oxygen atoms in total. The summed E-state index contributed by atoms with van der Waals surface area (Å²) in [5.74, 6) is 0.0697. The predicted molar refractivity (Wildman–Crippen MR) is 80.3 cm³/mol. The lowest BCUT2D eigenvalue weighted by molar-refractivity contribution is -0.386. The van der Waals surface area contributed by atoms with Crippen LogP contribution in [0.1, 0.15) is 0 Å². The molecule has 0 atom stereocenters. The lowest BCUT2D eigenvalue weighted by atomic mass is 10.2. The van der Waals surface area contributed by atoms with E-state index in [1.54, 1.807) is 0 Å². The summed E-state index contributed by atoms with van der Waals surface area (Å²) in [6.07, 6.45) is 1.32. The van der Waals surface area contributed by atoms with Gasteiger partial charge in [-0.3, -0.25) is 10.1 Å². The number of ether oxygens (including phenoxy) is 2. The Kier molecular flexibility index (Phi) is 4.96. The Labute approximate surface area is 124 Å². The standard InChI is InChI=1S/C12H22N4O4Si/c1-21(2,3)5-4-19-9-15-8-11(16(17)18)12(14-15)20-10-6-13-7-10/h8,10,13H,4-7,9H2,1-3H3. The van der Waals surface area contributed by atoms with Crippen LogP contribution in [0.2, 0.25) is 25.7 Å². The molecule has 0 saturated carbocycles. The Bertz CT molecular complexity index is 496. The number of hydrogen-bond acceptors (Lipinski definition) is 6. The second kappa shape index (κ2) is 6.54. The van der Waals surface area contributed by atoms with Crippen LogP contribution < -0.4 is 10.1 Å². The van der Waals surface area contributed by atoms with Crippen molar-refractivity contribution < 1.29 is 14.4 Å².